The molecule has 4 aromatic rings. The highest BCUT2D eigenvalue weighted by atomic mass is 79.9. The summed E-state index contributed by atoms with van der Waals surface area (Å²) < 4.78 is 39.0. The molecule has 0 spiro atoms. The summed E-state index contributed by atoms with van der Waals surface area (Å²) in [6.45, 7) is 5.78. The van der Waals surface area contributed by atoms with Gasteiger partial charge in [-0.3, -0.25) is 4.79 Å². The van der Waals surface area contributed by atoms with Crippen LogP contribution in [-0.4, -0.2) is 51.9 Å². The third-order valence-corrected chi connectivity index (χ3v) is 8.66. The lowest BCUT2D eigenvalue weighted by atomic mass is 9.86. The first-order valence-electron chi connectivity index (χ1n) is 11.3. The van der Waals surface area contributed by atoms with Gasteiger partial charge < -0.3 is 10.2 Å². The van der Waals surface area contributed by atoms with Crippen molar-refractivity contribution in [2.24, 2.45) is 0 Å². The Bertz CT molecular complexity index is 1720. The van der Waals surface area contributed by atoms with Crippen LogP contribution in [0.1, 0.15) is 36.8 Å². The smallest absolute Gasteiger partial charge is 0.432 e. The lowest BCUT2D eigenvalue weighted by molar-refractivity contribution is 0.112. The number of rotatable bonds is 5. The van der Waals surface area contributed by atoms with Crippen LogP contribution in [0.2, 0.25) is 5.02 Å². The molecule has 0 saturated carbocycles. The van der Waals surface area contributed by atoms with Crippen molar-refractivity contribution in [3.8, 4) is 11.1 Å². The minimum atomic E-state index is -4.44. The second-order valence-electron chi connectivity index (χ2n) is 9.16. The molecule has 0 aliphatic rings. The average Bonchev–Trinajstić information content (AvgIpc) is 3.56. The fourth-order valence-corrected chi connectivity index (χ4v) is 5.98. The summed E-state index contributed by atoms with van der Waals surface area (Å²) in [5.74, 6) is -0.810. The van der Waals surface area contributed by atoms with E-state index in [-0.39, 0.29) is 19.3 Å². The molecule has 0 aliphatic heterocycles. The number of benzene rings is 2. The summed E-state index contributed by atoms with van der Waals surface area (Å²) in [4.78, 5) is 36.7. The number of carboxylic acid groups (broad SMARTS) is 2. The summed E-state index contributed by atoms with van der Waals surface area (Å²) in [6, 6.07) is 7.89. The van der Waals surface area contributed by atoms with Crippen molar-refractivity contribution in [2.45, 2.75) is 31.1 Å². The van der Waals surface area contributed by atoms with Gasteiger partial charge in [-0.1, -0.05) is 32.4 Å². The van der Waals surface area contributed by atoms with E-state index in [0.717, 1.165) is 34.4 Å². The van der Waals surface area contributed by atoms with Gasteiger partial charge in [0.15, 0.2) is 6.29 Å². The lowest BCUT2D eigenvalue weighted by Gasteiger charge is -2.18. The molecule has 0 aliphatic carbocycles. The molecule has 1 amide bonds. The summed E-state index contributed by atoms with van der Waals surface area (Å²) in [5, 5.41) is 24.0. The highest BCUT2D eigenvalue weighted by Gasteiger charge is 2.33. The zero-order valence-corrected chi connectivity index (χ0v) is 25.4. The average molecular weight is 688 g/mol. The summed E-state index contributed by atoms with van der Waals surface area (Å²) in [5.41, 5.74) is 1.83. The fourth-order valence-electron chi connectivity index (χ4n) is 3.43. The second-order valence-corrected chi connectivity index (χ2v) is 13.1. The first kappa shape index (κ1) is 31.9. The van der Waals surface area contributed by atoms with Gasteiger partial charge in [-0.05, 0) is 57.9 Å². The molecule has 0 radical (unpaired) electrons. The van der Waals surface area contributed by atoms with Crippen molar-refractivity contribution in [3.63, 3.8) is 0 Å². The molecule has 2 aromatic heterocycles. The van der Waals surface area contributed by atoms with Crippen LogP contribution in [0.5, 0.6) is 0 Å². The van der Waals surface area contributed by atoms with Crippen LogP contribution < -0.4 is 4.31 Å². The standard InChI is InChI=1S/C15H15ClN2O3.C10H6BrFN2O4S2/c1-15(2,3)13-12(7-18(17-13)14(20)21)11-6-10(16)5-4-9(11)8-19;11-7-2-1-6(5-8(7)12)20(17,18)14(10(15)16)9-13-3-4-19-9/h4-8H,1-3H3,(H,20,21);1-5H,(H,15,16). The Hall–Kier alpha value is -3.66. The molecule has 2 aromatic carbocycles. The molecule has 2 N–H and O–H groups in total. The van der Waals surface area contributed by atoms with Crippen LogP contribution in [0.4, 0.5) is 19.1 Å². The predicted octanol–water partition coefficient (Wildman–Crippen LogP) is 6.76. The number of anilines is 1. The second kappa shape index (κ2) is 12.5. The Morgan fingerprint density at radius 1 is 1.15 bits per heavy atom. The SMILES string of the molecule is CC(C)(C)c1nn(C(=O)O)cc1-c1cc(Cl)ccc1C=O.O=C(O)N(c1nccs1)S(=O)(=O)c1ccc(Br)c(F)c1. The van der Waals surface area contributed by atoms with Gasteiger partial charge in [-0.2, -0.15) is 9.78 Å². The van der Waals surface area contributed by atoms with Crippen molar-refractivity contribution >= 4 is 72.5 Å². The number of thiazole rings is 1. The van der Waals surface area contributed by atoms with E-state index in [9.17, 15) is 27.2 Å². The van der Waals surface area contributed by atoms with Gasteiger partial charge in [0.2, 0.25) is 5.13 Å². The minimum Gasteiger partial charge on any atom is -0.464 e. The largest absolute Gasteiger partial charge is 0.464 e. The van der Waals surface area contributed by atoms with E-state index in [0.29, 0.717) is 27.4 Å². The summed E-state index contributed by atoms with van der Waals surface area (Å²) in [6.07, 6.45) is 0.496. The number of carbonyl (C=O) groups is 3. The van der Waals surface area contributed by atoms with Crippen LogP contribution in [0.3, 0.4) is 0 Å². The number of aromatic nitrogens is 3. The quantitative estimate of drug-likeness (QED) is 0.216. The number of nitrogens with zero attached hydrogens (tertiary/aromatic N) is 4. The number of carbonyl (C=O) groups excluding carboxylic acids is 1. The van der Waals surface area contributed by atoms with Gasteiger partial charge in [0, 0.05) is 39.3 Å². The van der Waals surface area contributed by atoms with Crippen molar-refractivity contribution in [1.29, 1.82) is 0 Å². The van der Waals surface area contributed by atoms with E-state index in [2.05, 4.69) is 26.0 Å². The molecule has 0 atom stereocenters. The Morgan fingerprint density at radius 2 is 1.83 bits per heavy atom. The molecule has 0 saturated heterocycles. The number of hydrogen-bond acceptors (Lipinski definition) is 8. The number of sulfonamides is 1. The molecule has 4 rings (SSSR count). The maximum absolute atomic E-state index is 13.4. The van der Waals surface area contributed by atoms with Crippen molar-refractivity contribution in [1.82, 2.24) is 14.8 Å². The zero-order chi connectivity index (χ0) is 30.7. The normalized spacial score (nSPS) is 11.4. The minimum absolute atomic E-state index is 0.0765. The maximum atomic E-state index is 13.4. The van der Waals surface area contributed by atoms with Gasteiger partial charge in [-0.25, -0.2) is 27.4 Å². The third kappa shape index (κ3) is 7.16. The van der Waals surface area contributed by atoms with Gasteiger partial charge in [0.05, 0.1) is 15.1 Å². The fraction of sp³-hybridized carbons (Fsp3) is 0.160. The Morgan fingerprint density at radius 3 is 2.34 bits per heavy atom. The predicted molar refractivity (Wildman–Crippen MR) is 154 cm³/mol. The Kier molecular flexibility index (Phi) is 9.69. The Balaban J connectivity index is 0.000000226. The zero-order valence-electron chi connectivity index (χ0n) is 21.4. The van der Waals surface area contributed by atoms with E-state index < -0.39 is 32.9 Å². The van der Waals surface area contributed by atoms with E-state index >= 15 is 0 Å². The topological polar surface area (TPSA) is 160 Å². The third-order valence-electron chi connectivity index (χ3n) is 5.25. The van der Waals surface area contributed by atoms with Gasteiger partial charge in [0.1, 0.15) is 5.82 Å². The highest BCUT2D eigenvalue weighted by molar-refractivity contribution is 9.10. The van der Waals surface area contributed by atoms with Crippen LogP contribution >= 0.6 is 38.9 Å². The molecule has 11 nitrogen and oxygen atoms in total. The lowest BCUT2D eigenvalue weighted by Crippen LogP contribution is -2.35. The molecule has 0 fully saturated rings. The Labute approximate surface area is 251 Å². The van der Waals surface area contributed by atoms with Crippen molar-refractivity contribution in [3.05, 3.63) is 80.7 Å². The number of halogens is 3. The monoisotopic (exact) mass is 686 g/mol. The highest BCUT2D eigenvalue weighted by Crippen LogP contribution is 2.35. The molecule has 2 heterocycles. The molecular formula is C25H21BrClFN4O7S2. The van der Waals surface area contributed by atoms with Crippen molar-refractivity contribution in [2.75, 3.05) is 4.31 Å². The summed E-state index contributed by atoms with van der Waals surface area (Å²) in [7, 11) is -4.44. The van der Waals surface area contributed by atoms with Gasteiger partial charge in [-0.15, -0.1) is 15.6 Å². The van der Waals surface area contributed by atoms with Crippen LogP contribution in [0, 0.1) is 5.82 Å². The van der Waals surface area contributed by atoms with Gasteiger partial charge in [0.25, 0.3) is 10.0 Å². The van der Waals surface area contributed by atoms with Crippen molar-refractivity contribution < 1.29 is 37.4 Å². The molecule has 216 valence electrons. The van der Waals surface area contributed by atoms with Crippen LogP contribution in [-0.2, 0) is 15.4 Å². The van der Waals surface area contributed by atoms with Gasteiger partial charge >= 0.3 is 12.2 Å². The molecule has 0 unspecified atom stereocenters. The van der Waals surface area contributed by atoms with Crippen LogP contribution in [0.15, 0.2) is 63.5 Å². The molecule has 41 heavy (non-hydrogen) atoms. The van der Waals surface area contributed by atoms with Crippen LogP contribution in [0.25, 0.3) is 11.1 Å². The van der Waals surface area contributed by atoms with E-state index in [1.54, 1.807) is 18.2 Å². The molecule has 16 heteroatoms. The van der Waals surface area contributed by atoms with E-state index in [1.165, 1.54) is 23.8 Å². The molecule has 0 bridgehead atoms. The maximum Gasteiger partial charge on any atom is 0.432 e. The number of hydrogen-bond donors (Lipinski definition) is 2. The first-order valence-corrected chi connectivity index (χ1v) is 14.8. The molecular weight excluding hydrogens is 667 g/mol. The first-order chi connectivity index (χ1) is 19.1. The van der Waals surface area contributed by atoms with E-state index in [4.69, 9.17) is 21.8 Å². The summed E-state index contributed by atoms with van der Waals surface area (Å²) >= 11 is 9.73. The number of amides is 1. The van der Waals surface area contributed by atoms with E-state index in [1.807, 2.05) is 20.8 Å². The number of aldehydes is 1.